The van der Waals surface area contributed by atoms with Crippen LogP contribution in [0.4, 0.5) is 5.69 Å². The Morgan fingerprint density at radius 2 is 1.81 bits per heavy atom. The van der Waals surface area contributed by atoms with E-state index in [-0.39, 0.29) is 29.6 Å². The summed E-state index contributed by atoms with van der Waals surface area (Å²) in [4.78, 5) is 12.7. The molecule has 1 amide bonds. The van der Waals surface area contributed by atoms with E-state index in [1.807, 2.05) is 6.07 Å². The number of carbonyl (C=O) groups excluding carboxylic acids is 1. The minimum Gasteiger partial charge on any atom is -0.493 e. The van der Waals surface area contributed by atoms with E-state index in [1.165, 1.54) is 13.2 Å². The summed E-state index contributed by atoms with van der Waals surface area (Å²) < 4.78 is 16.4. The highest BCUT2D eigenvalue weighted by atomic mass is 35.5. The van der Waals surface area contributed by atoms with Gasteiger partial charge in [0.1, 0.15) is 30.6 Å². The highest BCUT2D eigenvalue weighted by Gasteiger charge is 2.14. The van der Waals surface area contributed by atoms with E-state index in [9.17, 15) is 10.1 Å². The van der Waals surface area contributed by atoms with Crippen LogP contribution in [-0.4, -0.2) is 19.6 Å². The number of methoxy groups -OCH3 is 1. The molecule has 0 fully saturated rings. The van der Waals surface area contributed by atoms with Gasteiger partial charge in [-0.3, -0.25) is 4.79 Å². The standard InChI is InChI=1S/C27H19Cl3N2O4/c1-3-10-35-26-24(30)12-17(13-25(26)34-2)11-19(15-31)27(33)32-21-6-8-22(9-7-21)36-16-18-4-5-20(28)14-23(18)29/h1,4-9,11-14H,10,16H2,2H3,(H,32,33)/b19-11+. The van der Waals surface area contributed by atoms with Gasteiger partial charge in [0.05, 0.1) is 12.1 Å². The number of terminal acetylenes is 1. The van der Waals surface area contributed by atoms with Crippen molar-refractivity contribution in [2.45, 2.75) is 6.61 Å². The van der Waals surface area contributed by atoms with E-state index in [4.69, 9.17) is 55.4 Å². The zero-order valence-electron chi connectivity index (χ0n) is 19.0. The lowest BCUT2D eigenvalue weighted by Gasteiger charge is -2.12. The Balaban J connectivity index is 1.68. The first-order valence-corrected chi connectivity index (χ1v) is 11.5. The lowest BCUT2D eigenvalue weighted by Crippen LogP contribution is -2.13. The number of rotatable bonds is 9. The summed E-state index contributed by atoms with van der Waals surface area (Å²) in [6.45, 7) is 0.261. The summed E-state index contributed by atoms with van der Waals surface area (Å²) in [5, 5.41) is 13.5. The van der Waals surface area contributed by atoms with Crippen molar-refractivity contribution in [1.82, 2.24) is 0 Å². The number of hydrogen-bond acceptors (Lipinski definition) is 5. The molecule has 0 bridgehead atoms. The van der Waals surface area contributed by atoms with E-state index >= 15 is 0 Å². The Morgan fingerprint density at radius 1 is 1.06 bits per heavy atom. The number of nitriles is 1. The Kier molecular flexibility index (Phi) is 9.50. The predicted octanol–water partition coefficient (Wildman–Crippen LogP) is 6.79. The van der Waals surface area contributed by atoms with Gasteiger partial charge in [-0.2, -0.15) is 5.26 Å². The smallest absolute Gasteiger partial charge is 0.266 e. The van der Waals surface area contributed by atoms with Gasteiger partial charge >= 0.3 is 0 Å². The maximum absolute atomic E-state index is 12.7. The quantitative estimate of drug-likeness (QED) is 0.183. The van der Waals surface area contributed by atoms with Crippen molar-refractivity contribution in [3.05, 3.63) is 86.4 Å². The molecule has 182 valence electrons. The van der Waals surface area contributed by atoms with E-state index < -0.39 is 5.91 Å². The number of anilines is 1. The van der Waals surface area contributed by atoms with E-state index in [1.54, 1.807) is 54.6 Å². The molecule has 3 rings (SSSR count). The van der Waals surface area contributed by atoms with Crippen LogP contribution in [0.1, 0.15) is 11.1 Å². The molecule has 0 saturated carbocycles. The minimum absolute atomic E-state index is 0.00974. The molecule has 3 aromatic carbocycles. The van der Waals surface area contributed by atoms with Crippen molar-refractivity contribution in [3.8, 4) is 35.7 Å². The van der Waals surface area contributed by atoms with Crippen LogP contribution >= 0.6 is 34.8 Å². The number of halogens is 3. The Morgan fingerprint density at radius 3 is 2.44 bits per heavy atom. The highest BCUT2D eigenvalue weighted by molar-refractivity contribution is 6.35. The fourth-order valence-electron chi connectivity index (χ4n) is 3.03. The number of hydrogen-bond donors (Lipinski definition) is 1. The van der Waals surface area contributed by atoms with Crippen LogP contribution in [-0.2, 0) is 11.4 Å². The zero-order chi connectivity index (χ0) is 26.1. The van der Waals surface area contributed by atoms with Gasteiger partial charge in [0.15, 0.2) is 11.5 Å². The minimum atomic E-state index is -0.595. The number of carbonyl (C=O) groups is 1. The molecule has 0 saturated heterocycles. The second-order valence-corrected chi connectivity index (χ2v) is 8.45. The average molecular weight is 542 g/mol. The summed E-state index contributed by atoms with van der Waals surface area (Å²) in [6, 6.07) is 16.9. The molecule has 0 spiro atoms. The van der Waals surface area contributed by atoms with Crippen molar-refractivity contribution < 1.29 is 19.0 Å². The normalized spacial score (nSPS) is 10.7. The molecule has 3 aromatic rings. The number of nitrogens with zero attached hydrogens (tertiary/aromatic N) is 1. The van der Waals surface area contributed by atoms with Gasteiger partial charge in [0, 0.05) is 21.3 Å². The van der Waals surface area contributed by atoms with Crippen LogP contribution in [0.15, 0.2) is 60.2 Å². The first kappa shape index (κ1) is 26.8. The van der Waals surface area contributed by atoms with Crippen molar-refractivity contribution in [3.63, 3.8) is 0 Å². The molecular weight excluding hydrogens is 523 g/mol. The molecule has 0 aromatic heterocycles. The van der Waals surface area contributed by atoms with Crippen LogP contribution in [0.25, 0.3) is 6.08 Å². The molecule has 36 heavy (non-hydrogen) atoms. The molecule has 0 aliphatic rings. The maximum atomic E-state index is 12.7. The third-order valence-electron chi connectivity index (χ3n) is 4.75. The molecule has 0 aliphatic carbocycles. The second-order valence-electron chi connectivity index (χ2n) is 7.20. The number of benzene rings is 3. The summed E-state index contributed by atoms with van der Waals surface area (Å²) in [7, 11) is 1.44. The average Bonchev–Trinajstić information content (AvgIpc) is 2.86. The van der Waals surface area contributed by atoms with Crippen LogP contribution in [0.2, 0.25) is 15.1 Å². The van der Waals surface area contributed by atoms with Gasteiger partial charge in [-0.1, -0.05) is 46.8 Å². The van der Waals surface area contributed by atoms with Crippen molar-refractivity contribution >= 4 is 52.5 Å². The SMILES string of the molecule is C#CCOc1c(Cl)cc(/C=C(\C#N)C(=O)Nc2ccc(OCc3ccc(Cl)cc3Cl)cc2)cc1OC. The van der Waals surface area contributed by atoms with Gasteiger partial charge in [0.2, 0.25) is 0 Å². The highest BCUT2D eigenvalue weighted by Crippen LogP contribution is 2.37. The lowest BCUT2D eigenvalue weighted by atomic mass is 10.1. The summed E-state index contributed by atoms with van der Waals surface area (Å²) in [5.41, 5.74) is 1.60. The maximum Gasteiger partial charge on any atom is 0.266 e. The van der Waals surface area contributed by atoms with Crippen LogP contribution < -0.4 is 19.5 Å². The first-order valence-electron chi connectivity index (χ1n) is 10.4. The van der Waals surface area contributed by atoms with Crippen molar-refractivity contribution in [2.24, 2.45) is 0 Å². The number of amides is 1. The Hall–Kier alpha value is -3.81. The monoisotopic (exact) mass is 540 g/mol. The summed E-state index contributed by atoms with van der Waals surface area (Å²) in [6.07, 6.45) is 6.61. The number of nitrogens with one attached hydrogen (secondary N) is 1. The van der Waals surface area contributed by atoms with Crippen molar-refractivity contribution in [1.29, 1.82) is 5.26 Å². The summed E-state index contributed by atoms with van der Waals surface area (Å²) >= 11 is 18.3. The molecule has 0 aliphatic heterocycles. The third kappa shape index (κ3) is 7.10. The molecule has 0 atom stereocenters. The van der Waals surface area contributed by atoms with Crippen LogP contribution in [0, 0.1) is 23.7 Å². The molecule has 6 nitrogen and oxygen atoms in total. The third-order valence-corrected chi connectivity index (χ3v) is 5.62. The Bertz CT molecular complexity index is 1370. The van der Waals surface area contributed by atoms with Crippen molar-refractivity contribution in [2.75, 3.05) is 19.0 Å². The van der Waals surface area contributed by atoms with Gasteiger partial charge < -0.3 is 19.5 Å². The largest absolute Gasteiger partial charge is 0.493 e. The lowest BCUT2D eigenvalue weighted by molar-refractivity contribution is -0.112. The van der Waals surface area contributed by atoms with E-state index in [0.717, 1.165) is 5.56 Å². The van der Waals surface area contributed by atoms with Gasteiger partial charge in [-0.05, 0) is 60.2 Å². The zero-order valence-corrected chi connectivity index (χ0v) is 21.2. The molecule has 0 radical (unpaired) electrons. The molecule has 0 unspecified atom stereocenters. The second kappa shape index (κ2) is 12.8. The first-order chi connectivity index (χ1) is 17.3. The predicted molar refractivity (Wildman–Crippen MR) is 142 cm³/mol. The fraction of sp³-hybridized carbons (Fsp3) is 0.111. The van der Waals surface area contributed by atoms with E-state index in [0.29, 0.717) is 32.8 Å². The Labute approximate surface area is 223 Å². The van der Waals surface area contributed by atoms with Gasteiger partial charge in [-0.25, -0.2) is 0 Å². The topological polar surface area (TPSA) is 80.6 Å². The van der Waals surface area contributed by atoms with Crippen LogP contribution in [0.5, 0.6) is 17.2 Å². The molecular formula is C27H19Cl3N2O4. The van der Waals surface area contributed by atoms with Gasteiger partial charge in [-0.15, -0.1) is 6.42 Å². The number of ether oxygens (including phenoxy) is 3. The van der Waals surface area contributed by atoms with Crippen LogP contribution in [0.3, 0.4) is 0 Å². The molecule has 0 heterocycles. The molecule has 1 N–H and O–H groups in total. The van der Waals surface area contributed by atoms with Gasteiger partial charge in [0.25, 0.3) is 5.91 Å². The molecule has 9 heteroatoms. The van der Waals surface area contributed by atoms with E-state index in [2.05, 4.69) is 11.2 Å². The summed E-state index contributed by atoms with van der Waals surface area (Å²) in [5.74, 6) is 2.92. The fourth-order valence-corrected chi connectivity index (χ4v) is 3.76.